The Morgan fingerprint density at radius 2 is 1.78 bits per heavy atom. The van der Waals surface area contributed by atoms with Crippen LogP contribution in [0, 0.1) is 0 Å². The number of methoxy groups -OCH3 is 1. The summed E-state index contributed by atoms with van der Waals surface area (Å²) in [6.45, 7) is 4.31. The summed E-state index contributed by atoms with van der Waals surface area (Å²) in [5, 5.41) is 6.44. The molecule has 0 aliphatic heterocycles. The number of rotatable bonds is 7. The Labute approximate surface area is 157 Å². The molecule has 0 radical (unpaired) electrons. The van der Waals surface area contributed by atoms with Gasteiger partial charge in [-0.1, -0.05) is 36.4 Å². The molecule has 0 saturated heterocycles. The molecule has 0 atom stereocenters. The van der Waals surface area contributed by atoms with Gasteiger partial charge in [-0.05, 0) is 24.3 Å². The summed E-state index contributed by atoms with van der Waals surface area (Å²) in [6, 6.07) is 18.6. The topological polar surface area (TPSA) is 76.1 Å². The molecule has 27 heavy (non-hydrogen) atoms. The zero-order chi connectivity index (χ0) is 19.1. The summed E-state index contributed by atoms with van der Waals surface area (Å²) in [6.07, 6.45) is 1.77. The van der Waals surface area contributed by atoms with Gasteiger partial charge in [0.25, 0.3) is 0 Å². The monoisotopic (exact) mass is 360 g/mol. The van der Waals surface area contributed by atoms with E-state index >= 15 is 0 Å². The number of esters is 1. The van der Waals surface area contributed by atoms with Crippen LogP contribution in [0.3, 0.4) is 0 Å². The van der Waals surface area contributed by atoms with E-state index < -0.39 is 0 Å². The van der Waals surface area contributed by atoms with E-state index in [2.05, 4.69) is 27.2 Å². The second-order valence-electron chi connectivity index (χ2n) is 5.69. The summed E-state index contributed by atoms with van der Waals surface area (Å²) in [7, 11) is 1.36. The molecular formula is C21H20N4O2. The molecule has 2 aromatic carbocycles. The molecule has 0 aliphatic carbocycles. The zero-order valence-corrected chi connectivity index (χ0v) is 15.0. The van der Waals surface area contributed by atoms with Crippen LogP contribution in [-0.4, -0.2) is 29.6 Å². The minimum atomic E-state index is -0.370. The summed E-state index contributed by atoms with van der Waals surface area (Å²) < 4.78 is 4.72. The van der Waals surface area contributed by atoms with Gasteiger partial charge in [-0.3, -0.25) is 0 Å². The average Bonchev–Trinajstić information content (AvgIpc) is 2.72. The average molecular weight is 360 g/mol. The third-order valence-corrected chi connectivity index (χ3v) is 3.76. The van der Waals surface area contributed by atoms with Crippen LogP contribution in [0.5, 0.6) is 0 Å². The van der Waals surface area contributed by atoms with Crippen LogP contribution in [0.15, 0.2) is 73.3 Å². The highest BCUT2D eigenvalue weighted by molar-refractivity contribution is 5.89. The molecule has 1 aromatic heterocycles. The van der Waals surface area contributed by atoms with Gasteiger partial charge >= 0.3 is 5.97 Å². The van der Waals surface area contributed by atoms with E-state index in [0.717, 1.165) is 11.3 Å². The molecule has 0 amide bonds. The molecule has 3 aromatic rings. The number of hydrogen-bond donors (Lipinski definition) is 2. The van der Waals surface area contributed by atoms with Crippen molar-refractivity contribution in [3.8, 4) is 11.4 Å². The number of aromatic nitrogens is 2. The lowest BCUT2D eigenvalue weighted by Gasteiger charge is -2.11. The third-order valence-electron chi connectivity index (χ3n) is 3.76. The SMILES string of the molecule is C=CCNc1cc(Nc2ccc(C(=O)OC)cc2)nc(-c2ccccc2)n1. The number of ether oxygens (including phenoxy) is 1. The quantitative estimate of drug-likeness (QED) is 0.484. The van der Waals surface area contributed by atoms with Crippen molar-refractivity contribution in [2.75, 3.05) is 24.3 Å². The van der Waals surface area contributed by atoms with Crippen LogP contribution in [0.4, 0.5) is 17.3 Å². The van der Waals surface area contributed by atoms with E-state index in [1.807, 2.05) is 36.4 Å². The van der Waals surface area contributed by atoms with Crippen molar-refractivity contribution in [3.63, 3.8) is 0 Å². The number of hydrogen-bond acceptors (Lipinski definition) is 6. The highest BCUT2D eigenvalue weighted by Gasteiger charge is 2.08. The van der Waals surface area contributed by atoms with Gasteiger partial charge in [0.15, 0.2) is 5.82 Å². The van der Waals surface area contributed by atoms with Gasteiger partial charge in [0, 0.05) is 23.9 Å². The summed E-state index contributed by atoms with van der Waals surface area (Å²) in [4.78, 5) is 20.7. The fourth-order valence-electron chi connectivity index (χ4n) is 2.45. The van der Waals surface area contributed by atoms with Crippen molar-refractivity contribution >= 4 is 23.3 Å². The normalized spacial score (nSPS) is 10.1. The van der Waals surface area contributed by atoms with Crippen molar-refractivity contribution in [1.29, 1.82) is 0 Å². The van der Waals surface area contributed by atoms with E-state index in [9.17, 15) is 4.79 Å². The molecule has 0 aliphatic rings. The van der Waals surface area contributed by atoms with Crippen LogP contribution in [-0.2, 0) is 4.74 Å². The van der Waals surface area contributed by atoms with Gasteiger partial charge in [0.05, 0.1) is 12.7 Å². The number of nitrogens with zero attached hydrogens (tertiary/aromatic N) is 2. The van der Waals surface area contributed by atoms with Crippen LogP contribution in [0.2, 0.25) is 0 Å². The molecule has 0 unspecified atom stereocenters. The number of anilines is 3. The first-order chi connectivity index (χ1) is 13.2. The van der Waals surface area contributed by atoms with Crippen LogP contribution in [0.25, 0.3) is 11.4 Å². The lowest BCUT2D eigenvalue weighted by Crippen LogP contribution is -2.05. The van der Waals surface area contributed by atoms with Gasteiger partial charge in [-0.25, -0.2) is 14.8 Å². The van der Waals surface area contributed by atoms with E-state index in [4.69, 9.17) is 4.74 Å². The number of nitrogens with one attached hydrogen (secondary N) is 2. The summed E-state index contributed by atoms with van der Waals surface area (Å²) >= 11 is 0. The van der Waals surface area contributed by atoms with Gasteiger partial charge in [0.1, 0.15) is 11.6 Å². The maximum Gasteiger partial charge on any atom is 0.337 e. The molecule has 6 heteroatoms. The van der Waals surface area contributed by atoms with Gasteiger partial charge < -0.3 is 15.4 Å². The Hall–Kier alpha value is -3.67. The Morgan fingerprint density at radius 1 is 1.07 bits per heavy atom. The Balaban J connectivity index is 1.89. The van der Waals surface area contributed by atoms with Crippen molar-refractivity contribution in [2.45, 2.75) is 0 Å². The third kappa shape index (κ3) is 4.70. The molecule has 6 nitrogen and oxygen atoms in total. The van der Waals surface area contributed by atoms with E-state index in [0.29, 0.717) is 29.6 Å². The van der Waals surface area contributed by atoms with Crippen LogP contribution >= 0.6 is 0 Å². The summed E-state index contributed by atoms with van der Waals surface area (Å²) in [5.41, 5.74) is 2.21. The Kier molecular flexibility index (Phi) is 5.79. The van der Waals surface area contributed by atoms with Crippen LogP contribution < -0.4 is 10.6 Å². The molecule has 0 saturated carbocycles. The molecule has 0 bridgehead atoms. The maximum atomic E-state index is 11.6. The number of carbonyl (C=O) groups excluding carboxylic acids is 1. The zero-order valence-electron chi connectivity index (χ0n) is 15.0. The first kappa shape index (κ1) is 18.1. The van der Waals surface area contributed by atoms with E-state index in [1.165, 1.54) is 7.11 Å². The maximum absolute atomic E-state index is 11.6. The van der Waals surface area contributed by atoms with E-state index in [-0.39, 0.29) is 5.97 Å². The smallest absolute Gasteiger partial charge is 0.337 e. The van der Waals surface area contributed by atoms with Crippen molar-refractivity contribution < 1.29 is 9.53 Å². The molecular weight excluding hydrogens is 340 g/mol. The van der Waals surface area contributed by atoms with Crippen molar-refractivity contribution in [3.05, 3.63) is 78.9 Å². The predicted octanol–water partition coefficient (Wildman–Crippen LogP) is 4.27. The van der Waals surface area contributed by atoms with Crippen molar-refractivity contribution in [2.24, 2.45) is 0 Å². The fourth-order valence-corrected chi connectivity index (χ4v) is 2.45. The highest BCUT2D eigenvalue weighted by atomic mass is 16.5. The molecule has 0 fully saturated rings. The Morgan fingerprint density at radius 3 is 2.44 bits per heavy atom. The molecule has 136 valence electrons. The summed E-state index contributed by atoms with van der Waals surface area (Å²) in [5.74, 6) is 1.57. The molecule has 3 rings (SSSR count). The second-order valence-corrected chi connectivity index (χ2v) is 5.69. The van der Waals surface area contributed by atoms with Gasteiger partial charge in [0.2, 0.25) is 0 Å². The first-order valence-corrected chi connectivity index (χ1v) is 8.44. The predicted molar refractivity (Wildman–Crippen MR) is 107 cm³/mol. The molecule has 1 heterocycles. The van der Waals surface area contributed by atoms with Gasteiger partial charge in [-0.15, -0.1) is 6.58 Å². The standard InChI is InChI=1S/C21H20N4O2/c1-3-13-22-18-14-19(25-20(24-18)15-7-5-4-6-8-15)23-17-11-9-16(10-12-17)21(26)27-2/h3-12,14H,1,13H2,2H3,(H2,22,23,24,25). The van der Waals surface area contributed by atoms with E-state index in [1.54, 1.807) is 30.3 Å². The Bertz CT molecular complexity index is 925. The molecule has 0 spiro atoms. The lowest BCUT2D eigenvalue weighted by molar-refractivity contribution is 0.0601. The number of carbonyl (C=O) groups is 1. The second kappa shape index (κ2) is 8.62. The first-order valence-electron chi connectivity index (χ1n) is 8.44. The minimum absolute atomic E-state index is 0.370. The van der Waals surface area contributed by atoms with Crippen molar-refractivity contribution in [1.82, 2.24) is 9.97 Å². The largest absolute Gasteiger partial charge is 0.465 e. The number of benzene rings is 2. The van der Waals surface area contributed by atoms with Crippen LogP contribution in [0.1, 0.15) is 10.4 Å². The fraction of sp³-hybridized carbons (Fsp3) is 0.0952. The van der Waals surface area contributed by atoms with Gasteiger partial charge in [-0.2, -0.15) is 0 Å². The molecule has 2 N–H and O–H groups in total. The minimum Gasteiger partial charge on any atom is -0.465 e. The highest BCUT2D eigenvalue weighted by Crippen LogP contribution is 2.23. The lowest BCUT2D eigenvalue weighted by atomic mass is 10.2.